The van der Waals surface area contributed by atoms with Crippen LogP contribution in [0.25, 0.3) is 0 Å². The molecule has 0 radical (unpaired) electrons. The first-order valence-corrected chi connectivity index (χ1v) is 10.2. The van der Waals surface area contributed by atoms with E-state index in [1.165, 1.54) is 12.1 Å². The lowest BCUT2D eigenvalue weighted by Crippen LogP contribution is -2.29. The van der Waals surface area contributed by atoms with Gasteiger partial charge in [0, 0.05) is 38.5 Å². The lowest BCUT2D eigenvalue weighted by molar-refractivity contribution is -0.130. The van der Waals surface area contributed by atoms with Gasteiger partial charge in [-0.2, -0.15) is 0 Å². The molecule has 1 saturated heterocycles. The third-order valence-corrected chi connectivity index (χ3v) is 5.81. The molecule has 1 amide bonds. The third kappa shape index (κ3) is 4.64. The van der Waals surface area contributed by atoms with E-state index in [2.05, 4.69) is 4.72 Å². The van der Waals surface area contributed by atoms with Crippen molar-refractivity contribution in [3.05, 3.63) is 18.2 Å². The van der Waals surface area contributed by atoms with E-state index in [1.807, 2.05) is 4.90 Å². The van der Waals surface area contributed by atoms with Crippen molar-refractivity contribution in [2.24, 2.45) is 0 Å². The second kappa shape index (κ2) is 8.05. The second-order valence-corrected chi connectivity index (χ2v) is 8.02. The van der Waals surface area contributed by atoms with Crippen LogP contribution in [0.15, 0.2) is 23.1 Å². The molecular weight excluding hydrogens is 344 g/mol. The van der Waals surface area contributed by atoms with Crippen molar-refractivity contribution in [2.75, 3.05) is 32.8 Å². The number of nitrogens with one attached hydrogen (secondary N) is 1. The van der Waals surface area contributed by atoms with Gasteiger partial charge in [-0.1, -0.05) is 0 Å². The fourth-order valence-corrected chi connectivity index (χ4v) is 4.05. The standard InChI is InChI=1S/C17H24N2O5S/c20-17(19-9-1-2-10-19)5-3-8-18-25(21,22)14-6-7-15-16(13-14)24-12-4-11-23-15/h6-7,13,18H,1-5,8-12H2. The summed E-state index contributed by atoms with van der Waals surface area (Å²) in [6, 6.07) is 4.61. The smallest absolute Gasteiger partial charge is 0.240 e. The van der Waals surface area contributed by atoms with Crippen molar-refractivity contribution in [3.8, 4) is 11.5 Å². The number of carbonyl (C=O) groups is 1. The Hall–Kier alpha value is -1.80. The van der Waals surface area contributed by atoms with Crippen molar-refractivity contribution in [1.29, 1.82) is 0 Å². The minimum atomic E-state index is -3.63. The Morgan fingerprint density at radius 1 is 1.08 bits per heavy atom. The predicted molar refractivity (Wildman–Crippen MR) is 92.3 cm³/mol. The van der Waals surface area contributed by atoms with E-state index in [9.17, 15) is 13.2 Å². The van der Waals surface area contributed by atoms with Crippen LogP contribution in [0.5, 0.6) is 11.5 Å². The van der Waals surface area contributed by atoms with E-state index >= 15 is 0 Å². The Morgan fingerprint density at radius 2 is 1.80 bits per heavy atom. The number of likely N-dealkylation sites (tertiary alicyclic amines) is 1. The van der Waals surface area contributed by atoms with Crippen LogP contribution in [0.3, 0.4) is 0 Å². The van der Waals surface area contributed by atoms with E-state index < -0.39 is 10.0 Å². The maximum absolute atomic E-state index is 12.4. The van der Waals surface area contributed by atoms with Crippen molar-refractivity contribution >= 4 is 15.9 Å². The molecule has 2 heterocycles. The van der Waals surface area contributed by atoms with Crippen LogP contribution in [0.1, 0.15) is 32.1 Å². The monoisotopic (exact) mass is 368 g/mol. The lowest BCUT2D eigenvalue weighted by atomic mass is 10.3. The van der Waals surface area contributed by atoms with E-state index in [0.717, 1.165) is 32.4 Å². The van der Waals surface area contributed by atoms with Crippen LogP contribution >= 0.6 is 0 Å². The van der Waals surface area contributed by atoms with Gasteiger partial charge in [-0.3, -0.25) is 4.79 Å². The highest BCUT2D eigenvalue weighted by atomic mass is 32.2. The number of hydrogen-bond acceptors (Lipinski definition) is 5. The Labute approximate surface area is 148 Å². The third-order valence-electron chi connectivity index (χ3n) is 4.35. The van der Waals surface area contributed by atoms with Crippen LogP contribution in [-0.4, -0.2) is 52.1 Å². The van der Waals surface area contributed by atoms with Gasteiger partial charge in [-0.15, -0.1) is 0 Å². The SMILES string of the molecule is O=C(CCCNS(=O)(=O)c1ccc2c(c1)OCCCO2)N1CCCC1. The maximum atomic E-state index is 12.4. The van der Waals surface area contributed by atoms with Crippen LogP contribution in [0.2, 0.25) is 0 Å². The molecule has 0 bridgehead atoms. The second-order valence-electron chi connectivity index (χ2n) is 6.25. The van der Waals surface area contributed by atoms with Crippen LogP contribution in [0.4, 0.5) is 0 Å². The zero-order valence-electron chi connectivity index (χ0n) is 14.2. The van der Waals surface area contributed by atoms with Gasteiger partial charge in [-0.05, 0) is 31.4 Å². The molecule has 1 aromatic carbocycles. The van der Waals surface area contributed by atoms with Gasteiger partial charge < -0.3 is 14.4 Å². The van der Waals surface area contributed by atoms with E-state index in [1.54, 1.807) is 6.07 Å². The summed E-state index contributed by atoms with van der Waals surface area (Å²) in [4.78, 5) is 13.9. The van der Waals surface area contributed by atoms with Gasteiger partial charge in [0.2, 0.25) is 15.9 Å². The van der Waals surface area contributed by atoms with Crippen LogP contribution in [-0.2, 0) is 14.8 Å². The first-order chi connectivity index (χ1) is 12.1. The minimum absolute atomic E-state index is 0.104. The van der Waals surface area contributed by atoms with Gasteiger partial charge in [0.05, 0.1) is 18.1 Å². The van der Waals surface area contributed by atoms with E-state index in [4.69, 9.17) is 9.47 Å². The fraction of sp³-hybridized carbons (Fsp3) is 0.588. The van der Waals surface area contributed by atoms with Gasteiger partial charge in [0.25, 0.3) is 0 Å². The van der Waals surface area contributed by atoms with Gasteiger partial charge >= 0.3 is 0 Å². The summed E-state index contributed by atoms with van der Waals surface area (Å²) < 4.78 is 38.4. The predicted octanol–water partition coefficient (Wildman–Crippen LogP) is 1.53. The number of benzene rings is 1. The summed E-state index contributed by atoms with van der Waals surface area (Å²) in [6.07, 6.45) is 3.73. The molecule has 8 heteroatoms. The van der Waals surface area contributed by atoms with Crippen LogP contribution in [0, 0.1) is 0 Å². The molecule has 138 valence electrons. The molecule has 2 aliphatic heterocycles. The number of fused-ring (bicyclic) bond motifs is 1. The Bertz CT molecular complexity index is 714. The molecule has 7 nitrogen and oxygen atoms in total. The van der Waals surface area contributed by atoms with E-state index in [-0.39, 0.29) is 17.3 Å². The highest BCUT2D eigenvalue weighted by Crippen LogP contribution is 2.31. The van der Waals surface area contributed by atoms with Crippen molar-refractivity contribution < 1.29 is 22.7 Å². The highest BCUT2D eigenvalue weighted by molar-refractivity contribution is 7.89. The quantitative estimate of drug-likeness (QED) is 0.770. The topological polar surface area (TPSA) is 84.9 Å². The average Bonchev–Trinajstić information content (AvgIpc) is 3.04. The molecule has 2 aliphatic rings. The molecule has 0 aliphatic carbocycles. The molecule has 0 aromatic heterocycles. The van der Waals surface area contributed by atoms with E-state index in [0.29, 0.717) is 37.6 Å². The van der Waals surface area contributed by atoms with Crippen LogP contribution < -0.4 is 14.2 Å². The van der Waals surface area contributed by atoms with Crippen molar-refractivity contribution in [1.82, 2.24) is 9.62 Å². The summed E-state index contributed by atoms with van der Waals surface area (Å²) >= 11 is 0. The Kier molecular flexibility index (Phi) is 5.80. The normalized spacial score (nSPS) is 17.4. The number of nitrogens with zero attached hydrogens (tertiary/aromatic N) is 1. The number of rotatable bonds is 6. The number of hydrogen-bond donors (Lipinski definition) is 1. The number of carbonyl (C=O) groups excluding carboxylic acids is 1. The molecule has 0 atom stereocenters. The molecule has 25 heavy (non-hydrogen) atoms. The first kappa shape index (κ1) is 18.0. The summed E-state index contributed by atoms with van der Waals surface area (Å²) in [5.41, 5.74) is 0. The molecule has 3 rings (SSSR count). The molecule has 1 aromatic rings. The van der Waals surface area contributed by atoms with Gasteiger partial charge in [-0.25, -0.2) is 13.1 Å². The minimum Gasteiger partial charge on any atom is -0.490 e. The van der Waals surface area contributed by atoms with Gasteiger partial charge in [0.1, 0.15) is 0 Å². The number of amides is 1. The largest absolute Gasteiger partial charge is 0.490 e. The molecule has 0 unspecified atom stereocenters. The Balaban J connectivity index is 1.53. The van der Waals surface area contributed by atoms with Gasteiger partial charge in [0.15, 0.2) is 11.5 Å². The summed E-state index contributed by atoms with van der Waals surface area (Å²) in [7, 11) is -3.63. The first-order valence-electron chi connectivity index (χ1n) is 8.73. The summed E-state index contributed by atoms with van der Waals surface area (Å²) in [5.74, 6) is 1.12. The molecule has 0 saturated carbocycles. The summed E-state index contributed by atoms with van der Waals surface area (Å²) in [6.45, 7) is 2.94. The maximum Gasteiger partial charge on any atom is 0.240 e. The van der Waals surface area contributed by atoms with Crippen molar-refractivity contribution in [3.63, 3.8) is 0 Å². The lowest BCUT2D eigenvalue weighted by Gasteiger charge is -2.15. The average molecular weight is 368 g/mol. The zero-order chi connectivity index (χ0) is 17.7. The Morgan fingerprint density at radius 3 is 2.56 bits per heavy atom. The summed E-state index contributed by atoms with van der Waals surface area (Å²) in [5, 5.41) is 0. The molecular formula is C17H24N2O5S. The fourth-order valence-electron chi connectivity index (χ4n) is 2.96. The number of ether oxygens (including phenoxy) is 2. The molecule has 1 N–H and O–H groups in total. The number of sulfonamides is 1. The molecule has 1 fully saturated rings. The highest BCUT2D eigenvalue weighted by Gasteiger charge is 2.20. The van der Waals surface area contributed by atoms with Crippen molar-refractivity contribution in [2.45, 2.75) is 37.0 Å². The molecule has 0 spiro atoms. The zero-order valence-corrected chi connectivity index (χ0v) is 15.0.